The lowest BCUT2D eigenvalue weighted by Crippen LogP contribution is -1.99. The summed E-state index contributed by atoms with van der Waals surface area (Å²) < 4.78 is 18.0. The van der Waals surface area contributed by atoms with Gasteiger partial charge in [0.1, 0.15) is 0 Å². The third-order valence-electron chi connectivity index (χ3n) is 2.32. The summed E-state index contributed by atoms with van der Waals surface area (Å²) >= 11 is 0. The second kappa shape index (κ2) is 4.25. The molecule has 2 N–H and O–H groups in total. The summed E-state index contributed by atoms with van der Waals surface area (Å²) in [6, 6.07) is 4.11. The van der Waals surface area contributed by atoms with Crippen LogP contribution in [0.1, 0.15) is 10.5 Å². The van der Waals surface area contributed by atoms with Crippen LogP contribution in [-0.2, 0) is 0 Å². The van der Waals surface area contributed by atoms with Crippen molar-refractivity contribution in [2.75, 3.05) is 7.11 Å². The Labute approximate surface area is 95.9 Å². The minimum atomic E-state index is -1.12. The smallest absolute Gasteiger partial charge is 0.354 e. The fourth-order valence-electron chi connectivity index (χ4n) is 1.50. The van der Waals surface area contributed by atoms with Gasteiger partial charge < -0.3 is 9.84 Å². The normalized spacial score (nSPS) is 10.2. The van der Waals surface area contributed by atoms with Gasteiger partial charge >= 0.3 is 5.97 Å². The molecule has 0 atom stereocenters. The lowest BCUT2D eigenvalue weighted by Gasteiger charge is -2.04. The molecule has 0 unspecified atom stereocenters. The Kier molecular flexibility index (Phi) is 2.78. The van der Waals surface area contributed by atoms with Gasteiger partial charge in [0.25, 0.3) is 0 Å². The van der Waals surface area contributed by atoms with E-state index in [1.54, 1.807) is 0 Å². The zero-order valence-corrected chi connectivity index (χ0v) is 8.90. The summed E-state index contributed by atoms with van der Waals surface area (Å²) in [5.41, 5.74) is 0.865. The Morgan fingerprint density at radius 3 is 2.94 bits per heavy atom. The number of aromatic nitrogens is 2. The number of ether oxygens (including phenoxy) is 1. The Morgan fingerprint density at radius 1 is 1.53 bits per heavy atom. The van der Waals surface area contributed by atoms with Crippen molar-refractivity contribution in [1.29, 1.82) is 0 Å². The molecule has 88 valence electrons. The Hall–Kier alpha value is -2.37. The number of carboxylic acid groups (broad SMARTS) is 1. The lowest BCUT2D eigenvalue weighted by atomic mass is 10.1. The highest BCUT2D eigenvalue weighted by atomic mass is 19.1. The summed E-state index contributed by atoms with van der Waals surface area (Å²) in [5, 5.41) is 14.9. The first-order valence-corrected chi connectivity index (χ1v) is 4.74. The summed E-state index contributed by atoms with van der Waals surface area (Å²) in [4.78, 5) is 10.9. The van der Waals surface area contributed by atoms with Crippen LogP contribution in [0.25, 0.3) is 11.1 Å². The van der Waals surface area contributed by atoms with Crippen LogP contribution in [-0.4, -0.2) is 28.4 Å². The van der Waals surface area contributed by atoms with E-state index in [1.807, 2.05) is 0 Å². The first kappa shape index (κ1) is 11.1. The number of hydrogen-bond acceptors (Lipinski definition) is 3. The molecule has 0 bridgehead atoms. The number of rotatable bonds is 3. The quantitative estimate of drug-likeness (QED) is 0.853. The molecule has 2 rings (SSSR count). The van der Waals surface area contributed by atoms with Crippen LogP contribution in [0.3, 0.4) is 0 Å². The maximum absolute atomic E-state index is 13.2. The molecule has 6 heteroatoms. The summed E-state index contributed by atoms with van der Waals surface area (Å²) in [5.74, 6) is -1.57. The van der Waals surface area contributed by atoms with E-state index in [4.69, 9.17) is 9.84 Å². The predicted molar refractivity (Wildman–Crippen MR) is 57.5 cm³/mol. The average molecular weight is 236 g/mol. The van der Waals surface area contributed by atoms with Gasteiger partial charge in [-0.3, -0.25) is 5.10 Å². The van der Waals surface area contributed by atoms with Gasteiger partial charge in [0.05, 0.1) is 13.3 Å². The van der Waals surface area contributed by atoms with Gasteiger partial charge in [-0.05, 0) is 17.7 Å². The van der Waals surface area contributed by atoms with Crippen LogP contribution in [0.5, 0.6) is 5.75 Å². The molecule has 1 heterocycles. The molecule has 1 aromatic heterocycles. The van der Waals surface area contributed by atoms with Gasteiger partial charge in [-0.1, -0.05) is 6.07 Å². The van der Waals surface area contributed by atoms with Crippen LogP contribution in [0.4, 0.5) is 4.39 Å². The van der Waals surface area contributed by atoms with Crippen molar-refractivity contribution in [3.05, 3.63) is 35.9 Å². The zero-order chi connectivity index (χ0) is 12.4. The van der Waals surface area contributed by atoms with Crippen LogP contribution in [0, 0.1) is 5.82 Å². The van der Waals surface area contributed by atoms with E-state index in [0.717, 1.165) is 0 Å². The molecular weight excluding hydrogens is 227 g/mol. The SMILES string of the molecule is COc1cc(-c2cn[nH]c2C(=O)O)ccc1F. The summed E-state index contributed by atoms with van der Waals surface area (Å²) in [6.07, 6.45) is 1.37. The number of nitrogens with one attached hydrogen (secondary N) is 1. The third kappa shape index (κ3) is 1.96. The van der Waals surface area contributed by atoms with Gasteiger partial charge in [-0.2, -0.15) is 5.10 Å². The Bertz CT molecular complexity index is 566. The highest BCUT2D eigenvalue weighted by molar-refractivity contribution is 5.93. The van der Waals surface area contributed by atoms with Gasteiger partial charge in [0.15, 0.2) is 17.3 Å². The maximum Gasteiger partial charge on any atom is 0.354 e. The van der Waals surface area contributed by atoms with Crippen LogP contribution in [0.2, 0.25) is 0 Å². The number of methoxy groups -OCH3 is 1. The van der Waals surface area contributed by atoms with Crippen molar-refractivity contribution >= 4 is 5.97 Å². The molecule has 2 aromatic rings. The molecule has 0 saturated carbocycles. The molecular formula is C11H9FN2O3. The second-order valence-electron chi connectivity index (χ2n) is 3.31. The van der Waals surface area contributed by atoms with E-state index in [9.17, 15) is 9.18 Å². The topological polar surface area (TPSA) is 75.2 Å². The number of aromatic amines is 1. The van der Waals surface area contributed by atoms with Gasteiger partial charge in [-0.15, -0.1) is 0 Å². The monoisotopic (exact) mass is 236 g/mol. The number of H-pyrrole nitrogens is 1. The van der Waals surface area contributed by atoms with E-state index in [2.05, 4.69) is 10.2 Å². The molecule has 0 aliphatic heterocycles. The summed E-state index contributed by atoms with van der Waals surface area (Å²) in [6.45, 7) is 0. The van der Waals surface area contributed by atoms with Gasteiger partial charge in [0, 0.05) is 5.56 Å². The number of halogens is 1. The predicted octanol–water partition coefficient (Wildman–Crippen LogP) is 1.92. The van der Waals surface area contributed by atoms with Crippen molar-refractivity contribution in [1.82, 2.24) is 10.2 Å². The third-order valence-corrected chi connectivity index (χ3v) is 2.32. The van der Waals surface area contributed by atoms with E-state index in [1.165, 1.54) is 31.5 Å². The molecule has 0 amide bonds. The molecule has 0 fully saturated rings. The Balaban J connectivity index is 2.53. The maximum atomic E-state index is 13.2. The van der Waals surface area contributed by atoms with E-state index < -0.39 is 11.8 Å². The van der Waals surface area contributed by atoms with Crippen LogP contribution < -0.4 is 4.74 Å². The molecule has 5 nitrogen and oxygen atoms in total. The van der Waals surface area contributed by atoms with Crippen molar-refractivity contribution in [2.24, 2.45) is 0 Å². The number of hydrogen-bond donors (Lipinski definition) is 2. The fourth-order valence-corrected chi connectivity index (χ4v) is 1.50. The summed E-state index contributed by atoms with van der Waals surface area (Å²) in [7, 11) is 1.34. The second-order valence-corrected chi connectivity index (χ2v) is 3.31. The molecule has 0 radical (unpaired) electrons. The molecule has 0 aliphatic rings. The van der Waals surface area contributed by atoms with E-state index in [0.29, 0.717) is 11.1 Å². The number of nitrogens with zero attached hydrogens (tertiary/aromatic N) is 1. The van der Waals surface area contributed by atoms with Gasteiger partial charge in [0.2, 0.25) is 0 Å². The van der Waals surface area contributed by atoms with E-state index >= 15 is 0 Å². The number of carboxylic acids is 1. The molecule has 0 saturated heterocycles. The fraction of sp³-hybridized carbons (Fsp3) is 0.0909. The van der Waals surface area contributed by atoms with Gasteiger partial charge in [-0.25, -0.2) is 9.18 Å². The largest absolute Gasteiger partial charge is 0.494 e. The molecule has 0 spiro atoms. The molecule has 17 heavy (non-hydrogen) atoms. The highest BCUT2D eigenvalue weighted by Crippen LogP contribution is 2.27. The minimum absolute atomic E-state index is 0.0429. The van der Waals surface area contributed by atoms with Crippen molar-refractivity contribution in [3.63, 3.8) is 0 Å². The number of aromatic carboxylic acids is 1. The zero-order valence-electron chi connectivity index (χ0n) is 8.90. The minimum Gasteiger partial charge on any atom is -0.494 e. The average Bonchev–Trinajstić information content (AvgIpc) is 2.78. The van der Waals surface area contributed by atoms with Crippen LogP contribution in [0.15, 0.2) is 24.4 Å². The standard InChI is InChI=1S/C11H9FN2O3/c1-17-9-4-6(2-3-8(9)12)7-5-13-14-10(7)11(15)16/h2-5H,1H3,(H,13,14)(H,15,16). The number of carbonyl (C=O) groups is 1. The van der Waals surface area contributed by atoms with Crippen molar-refractivity contribution in [3.8, 4) is 16.9 Å². The lowest BCUT2D eigenvalue weighted by molar-refractivity contribution is 0.0691. The van der Waals surface area contributed by atoms with Crippen LogP contribution >= 0.6 is 0 Å². The number of benzene rings is 1. The molecule has 0 aliphatic carbocycles. The van der Waals surface area contributed by atoms with Crippen molar-refractivity contribution in [2.45, 2.75) is 0 Å². The Morgan fingerprint density at radius 2 is 2.29 bits per heavy atom. The van der Waals surface area contributed by atoms with Crippen molar-refractivity contribution < 1.29 is 19.0 Å². The molecule has 1 aromatic carbocycles. The first-order chi connectivity index (χ1) is 8.13. The first-order valence-electron chi connectivity index (χ1n) is 4.74. The highest BCUT2D eigenvalue weighted by Gasteiger charge is 2.15. The van der Waals surface area contributed by atoms with E-state index in [-0.39, 0.29) is 11.4 Å².